The van der Waals surface area contributed by atoms with E-state index in [-0.39, 0.29) is 0 Å². The SMILES string of the molecule is c1ccc(-n2c3ccccc3c3ccc4c(N(c5ccc6c(c5)oc5ccccc56)c5ccc6c(c5)oc5ccccc56)cccc4c32)cc1. The fourth-order valence-corrected chi connectivity index (χ4v) is 7.98. The van der Waals surface area contributed by atoms with E-state index in [4.69, 9.17) is 8.83 Å². The number of benzene rings is 8. The van der Waals surface area contributed by atoms with Crippen molar-refractivity contribution in [3.8, 4) is 5.69 Å². The Balaban J connectivity index is 1.21. The summed E-state index contributed by atoms with van der Waals surface area (Å²) < 4.78 is 15.2. The summed E-state index contributed by atoms with van der Waals surface area (Å²) in [6, 6.07) is 60.1. The molecular weight excluding hydrogens is 613 g/mol. The summed E-state index contributed by atoms with van der Waals surface area (Å²) in [4.78, 5) is 2.34. The summed E-state index contributed by atoms with van der Waals surface area (Å²) in [6.45, 7) is 0. The van der Waals surface area contributed by atoms with Crippen molar-refractivity contribution in [3.05, 3.63) is 170 Å². The van der Waals surface area contributed by atoms with Gasteiger partial charge in [-0.1, -0.05) is 97.1 Å². The van der Waals surface area contributed by atoms with Gasteiger partial charge in [0.05, 0.1) is 16.7 Å². The molecular formula is C46H28N2O2. The van der Waals surface area contributed by atoms with E-state index in [2.05, 4.69) is 155 Å². The van der Waals surface area contributed by atoms with E-state index in [1.165, 1.54) is 27.2 Å². The normalized spacial score (nSPS) is 12.0. The van der Waals surface area contributed by atoms with Gasteiger partial charge >= 0.3 is 0 Å². The molecule has 11 rings (SSSR count). The average Bonchev–Trinajstić information content (AvgIpc) is 3.84. The maximum Gasteiger partial charge on any atom is 0.137 e. The smallest absolute Gasteiger partial charge is 0.137 e. The predicted octanol–water partition coefficient (Wildman–Crippen LogP) is 13.2. The van der Waals surface area contributed by atoms with Gasteiger partial charge < -0.3 is 18.3 Å². The van der Waals surface area contributed by atoms with Gasteiger partial charge in [-0.15, -0.1) is 0 Å². The minimum absolute atomic E-state index is 0.852. The van der Waals surface area contributed by atoms with E-state index in [9.17, 15) is 0 Å². The molecule has 0 aliphatic carbocycles. The fraction of sp³-hybridized carbons (Fsp3) is 0. The summed E-state index contributed by atoms with van der Waals surface area (Å²) in [5.74, 6) is 0. The number of rotatable bonds is 4. The first-order valence-electron chi connectivity index (χ1n) is 16.9. The number of para-hydroxylation sites is 4. The molecule has 0 unspecified atom stereocenters. The van der Waals surface area contributed by atoms with Crippen LogP contribution in [0.4, 0.5) is 17.1 Å². The quantitative estimate of drug-likeness (QED) is 0.192. The molecule has 11 aromatic rings. The number of aromatic nitrogens is 1. The lowest BCUT2D eigenvalue weighted by molar-refractivity contribution is 0.669. The molecule has 0 spiro atoms. The molecule has 3 heterocycles. The van der Waals surface area contributed by atoms with Crippen LogP contribution < -0.4 is 4.90 Å². The third-order valence-corrected chi connectivity index (χ3v) is 10.2. The lowest BCUT2D eigenvalue weighted by Crippen LogP contribution is -2.10. The highest BCUT2D eigenvalue weighted by Crippen LogP contribution is 2.45. The molecule has 0 saturated heterocycles. The molecule has 0 amide bonds. The van der Waals surface area contributed by atoms with Crippen LogP contribution in [-0.2, 0) is 0 Å². The number of hydrogen-bond acceptors (Lipinski definition) is 3. The largest absolute Gasteiger partial charge is 0.456 e. The van der Waals surface area contributed by atoms with Crippen LogP contribution in [-0.4, -0.2) is 4.57 Å². The van der Waals surface area contributed by atoms with E-state index in [0.29, 0.717) is 0 Å². The molecule has 50 heavy (non-hydrogen) atoms. The van der Waals surface area contributed by atoms with Crippen molar-refractivity contribution >= 4 is 93.5 Å². The van der Waals surface area contributed by atoms with Gasteiger partial charge in [-0.25, -0.2) is 0 Å². The number of anilines is 3. The summed E-state index contributed by atoms with van der Waals surface area (Å²) in [7, 11) is 0. The van der Waals surface area contributed by atoms with Crippen LogP contribution in [0.25, 0.3) is 82.1 Å². The Morgan fingerprint density at radius 2 is 0.860 bits per heavy atom. The molecule has 0 saturated carbocycles. The highest BCUT2D eigenvalue weighted by atomic mass is 16.3. The predicted molar refractivity (Wildman–Crippen MR) is 208 cm³/mol. The first kappa shape index (κ1) is 27.2. The van der Waals surface area contributed by atoms with Crippen molar-refractivity contribution in [3.63, 3.8) is 0 Å². The van der Waals surface area contributed by atoms with Gasteiger partial charge in [0.25, 0.3) is 0 Å². The highest BCUT2D eigenvalue weighted by Gasteiger charge is 2.22. The summed E-state index contributed by atoms with van der Waals surface area (Å²) in [6.07, 6.45) is 0. The Morgan fingerprint density at radius 3 is 1.54 bits per heavy atom. The van der Waals surface area contributed by atoms with Crippen LogP contribution in [0.1, 0.15) is 0 Å². The zero-order valence-corrected chi connectivity index (χ0v) is 26.9. The maximum atomic E-state index is 6.42. The average molecular weight is 641 g/mol. The topological polar surface area (TPSA) is 34.5 Å². The molecule has 0 atom stereocenters. The summed E-state index contributed by atoms with van der Waals surface area (Å²) in [5, 5.41) is 9.23. The van der Waals surface area contributed by atoms with Crippen molar-refractivity contribution < 1.29 is 8.83 Å². The molecule has 0 aliphatic heterocycles. The Hall–Kier alpha value is -6.78. The van der Waals surface area contributed by atoms with Crippen molar-refractivity contribution in [2.24, 2.45) is 0 Å². The second-order valence-electron chi connectivity index (χ2n) is 12.9. The van der Waals surface area contributed by atoms with Gasteiger partial charge in [-0.3, -0.25) is 0 Å². The van der Waals surface area contributed by atoms with Crippen molar-refractivity contribution in [2.75, 3.05) is 4.90 Å². The second kappa shape index (κ2) is 10.4. The zero-order chi connectivity index (χ0) is 32.8. The van der Waals surface area contributed by atoms with Crippen molar-refractivity contribution in [1.82, 2.24) is 4.57 Å². The maximum absolute atomic E-state index is 6.42. The molecule has 234 valence electrons. The van der Waals surface area contributed by atoms with E-state index in [0.717, 1.165) is 72.0 Å². The standard InChI is InChI=1S/C46H28N2O2/c1-2-11-29(12-3-1)48-41-17-7-4-13-32(41)39-26-25-33-38(46(39)48)16-10-18-40(33)47(30-21-23-36-34-14-5-8-19-42(34)49-44(36)27-30)31-22-24-37-35-15-6-9-20-43(35)50-45(37)28-31/h1-28H. The Kier molecular flexibility index (Phi) is 5.63. The van der Waals surface area contributed by atoms with Gasteiger partial charge in [0.1, 0.15) is 22.3 Å². The molecule has 4 heteroatoms. The van der Waals surface area contributed by atoms with Gasteiger partial charge in [0, 0.05) is 72.3 Å². The van der Waals surface area contributed by atoms with E-state index in [1.54, 1.807) is 0 Å². The summed E-state index contributed by atoms with van der Waals surface area (Å²) in [5.41, 5.74) is 10.1. The number of furan rings is 2. The van der Waals surface area contributed by atoms with Gasteiger partial charge in [0.2, 0.25) is 0 Å². The number of hydrogen-bond donors (Lipinski definition) is 0. The van der Waals surface area contributed by atoms with Crippen LogP contribution in [0.3, 0.4) is 0 Å². The molecule has 0 radical (unpaired) electrons. The first-order chi connectivity index (χ1) is 24.8. The Morgan fingerprint density at radius 1 is 0.360 bits per heavy atom. The molecule has 3 aromatic heterocycles. The van der Waals surface area contributed by atoms with E-state index in [1.807, 2.05) is 24.3 Å². The Bertz CT molecular complexity index is 3000. The van der Waals surface area contributed by atoms with Crippen LogP contribution in [0.2, 0.25) is 0 Å². The minimum Gasteiger partial charge on any atom is -0.456 e. The molecule has 0 aliphatic rings. The third-order valence-electron chi connectivity index (χ3n) is 10.2. The molecule has 0 fully saturated rings. The van der Waals surface area contributed by atoms with Crippen LogP contribution in [0, 0.1) is 0 Å². The molecule has 0 bridgehead atoms. The van der Waals surface area contributed by atoms with Crippen LogP contribution >= 0.6 is 0 Å². The zero-order valence-electron chi connectivity index (χ0n) is 26.9. The Labute approximate surface area is 286 Å². The lowest BCUT2D eigenvalue weighted by Gasteiger charge is -2.27. The third kappa shape index (κ3) is 3.87. The fourth-order valence-electron chi connectivity index (χ4n) is 7.98. The second-order valence-corrected chi connectivity index (χ2v) is 12.9. The molecule has 8 aromatic carbocycles. The van der Waals surface area contributed by atoms with Gasteiger partial charge in [0.15, 0.2) is 0 Å². The van der Waals surface area contributed by atoms with Gasteiger partial charge in [-0.05, 0) is 60.7 Å². The van der Waals surface area contributed by atoms with E-state index < -0.39 is 0 Å². The molecule has 0 N–H and O–H groups in total. The van der Waals surface area contributed by atoms with Gasteiger partial charge in [-0.2, -0.15) is 0 Å². The minimum atomic E-state index is 0.852. The van der Waals surface area contributed by atoms with E-state index >= 15 is 0 Å². The number of nitrogens with zero attached hydrogens (tertiary/aromatic N) is 2. The molecule has 4 nitrogen and oxygen atoms in total. The van der Waals surface area contributed by atoms with Crippen molar-refractivity contribution in [1.29, 1.82) is 0 Å². The lowest BCUT2D eigenvalue weighted by atomic mass is 10.0. The summed E-state index contributed by atoms with van der Waals surface area (Å²) >= 11 is 0. The highest BCUT2D eigenvalue weighted by molar-refractivity contribution is 6.21. The monoisotopic (exact) mass is 640 g/mol. The first-order valence-corrected chi connectivity index (χ1v) is 16.9. The van der Waals surface area contributed by atoms with Crippen LogP contribution in [0.15, 0.2) is 179 Å². The number of fused-ring (bicyclic) bond motifs is 11. The van der Waals surface area contributed by atoms with Crippen LogP contribution in [0.5, 0.6) is 0 Å². The van der Waals surface area contributed by atoms with Crippen molar-refractivity contribution in [2.45, 2.75) is 0 Å².